The normalized spacial score (nSPS) is 15.3. The number of hydrogen-bond acceptors (Lipinski definition) is 2. The first-order chi connectivity index (χ1) is 4.48. The fraction of sp³-hybridized carbons (Fsp3) is 1.00. The van der Waals surface area contributed by atoms with Crippen LogP contribution in [-0.2, 0) is 4.84 Å². The highest BCUT2D eigenvalue weighted by Crippen LogP contribution is 2.12. The average Bonchev–Trinajstić information content (AvgIpc) is 1.59. The van der Waals surface area contributed by atoms with E-state index in [1.807, 2.05) is 13.8 Å². The molecular weight excluding hydrogens is 130 g/mol. The Morgan fingerprint density at radius 1 is 1.50 bits per heavy atom. The third-order valence-electron chi connectivity index (χ3n) is 1.27. The van der Waals surface area contributed by atoms with Crippen LogP contribution in [0.15, 0.2) is 0 Å². The predicted molar refractivity (Wildman–Crippen MR) is 40.3 cm³/mol. The molecule has 0 amide bonds. The van der Waals surface area contributed by atoms with Gasteiger partial charge in [0.1, 0.15) is 5.60 Å². The van der Waals surface area contributed by atoms with E-state index < -0.39 is 0 Å². The Kier molecular flexibility index (Phi) is 3.86. The topological polar surface area (TPSA) is 36.7 Å². The van der Waals surface area contributed by atoms with Crippen molar-refractivity contribution in [1.29, 1.82) is 0 Å². The van der Waals surface area contributed by atoms with Gasteiger partial charge in [-0.1, -0.05) is 13.3 Å². The van der Waals surface area contributed by atoms with Crippen LogP contribution in [0.3, 0.4) is 0 Å². The highest BCUT2D eigenvalue weighted by Gasteiger charge is 2.20. The van der Waals surface area contributed by atoms with Gasteiger partial charge in [-0.05, 0) is 20.3 Å². The van der Waals surface area contributed by atoms with Crippen LogP contribution >= 0.6 is 0 Å². The largest absolute Gasteiger partial charge is 0.600 e. The van der Waals surface area contributed by atoms with Crippen LogP contribution in [-0.4, -0.2) is 12.6 Å². The molecule has 0 aliphatic heterocycles. The van der Waals surface area contributed by atoms with E-state index in [1.165, 1.54) is 7.05 Å². The van der Waals surface area contributed by atoms with E-state index in [1.54, 1.807) is 0 Å². The molecule has 0 saturated carbocycles. The van der Waals surface area contributed by atoms with Crippen molar-refractivity contribution in [2.75, 3.05) is 7.05 Å². The Balaban J connectivity index is 3.63. The van der Waals surface area contributed by atoms with Crippen molar-refractivity contribution >= 4 is 0 Å². The van der Waals surface area contributed by atoms with E-state index in [9.17, 15) is 5.21 Å². The van der Waals surface area contributed by atoms with Crippen LogP contribution in [0.25, 0.3) is 0 Å². The maximum absolute atomic E-state index is 10.5. The summed E-state index contributed by atoms with van der Waals surface area (Å²) >= 11 is 0. The summed E-state index contributed by atoms with van der Waals surface area (Å²) in [7, 11) is 1.44. The Morgan fingerprint density at radius 2 is 2.00 bits per heavy atom. The molecule has 0 spiro atoms. The summed E-state index contributed by atoms with van der Waals surface area (Å²) in [5.74, 6) is 0. The van der Waals surface area contributed by atoms with Crippen LogP contribution in [0, 0.1) is 5.21 Å². The summed E-state index contributed by atoms with van der Waals surface area (Å²) in [6.07, 6.45) is 1.97. The first-order valence-electron chi connectivity index (χ1n) is 3.67. The second-order valence-corrected chi connectivity index (χ2v) is 3.10. The molecule has 10 heavy (non-hydrogen) atoms. The minimum Gasteiger partial charge on any atom is -0.600 e. The molecule has 1 atom stereocenters. The molecule has 0 radical (unpaired) electrons. The molecule has 1 N–H and O–H groups in total. The Bertz CT molecular complexity index is 91.6. The standard InChI is InChI=1S/C7H17NO2/c1-5-6-7(2,3)10-8(4)9/h8H,5-6H2,1-4H3. The van der Waals surface area contributed by atoms with Crippen molar-refractivity contribution in [3.63, 3.8) is 0 Å². The molecule has 0 rings (SSSR count). The second-order valence-electron chi connectivity index (χ2n) is 3.10. The first kappa shape index (κ1) is 9.88. The lowest BCUT2D eigenvalue weighted by Gasteiger charge is -2.27. The zero-order valence-corrected chi connectivity index (χ0v) is 7.23. The van der Waals surface area contributed by atoms with Crippen molar-refractivity contribution in [3.8, 4) is 0 Å². The van der Waals surface area contributed by atoms with Gasteiger partial charge < -0.3 is 5.21 Å². The minimum atomic E-state index is -0.277. The molecule has 0 saturated heterocycles. The van der Waals surface area contributed by atoms with Crippen LogP contribution in [0.1, 0.15) is 33.6 Å². The Morgan fingerprint density at radius 3 is 2.30 bits per heavy atom. The number of hydroxylamine groups is 2. The molecule has 1 unspecified atom stereocenters. The SMILES string of the molecule is CCCC(C)(C)O[NH+](C)[O-]. The summed E-state index contributed by atoms with van der Waals surface area (Å²) < 4.78 is 0. The fourth-order valence-electron chi connectivity index (χ4n) is 1.04. The van der Waals surface area contributed by atoms with Crippen molar-refractivity contribution in [3.05, 3.63) is 5.21 Å². The maximum Gasteiger partial charge on any atom is 0.122 e. The lowest BCUT2D eigenvalue weighted by atomic mass is 10.0. The molecule has 0 aliphatic rings. The smallest absolute Gasteiger partial charge is 0.122 e. The van der Waals surface area contributed by atoms with E-state index in [4.69, 9.17) is 4.84 Å². The van der Waals surface area contributed by atoms with Crippen LogP contribution in [0.4, 0.5) is 0 Å². The molecule has 0 aliphatic carbocycles. The molecule has 0 fully saturated rings. The molecule has 0 bridgehead atoms. The van der Waals surface area contributed by atoms with Crippen LogP contribution in [0.5, 0.6) is 0 Å². The summed E-state index contributed by atoms with van der Waals surface area (Å²) in [6.45, 7) is 5.93. The van der Waals surface area contributed by atoms with Crippen LogP contribution in [0.2, 0.25) is 0 Å². The summed E-state index contributed by atoms with van der Waals surface area (Å²) in [5.41, 5.74) is -0.277. The van der Waals surface area contributed by atoms with E-state index in [0.29, 0.717) is 0 Å². The number of nitrogens with one attached hydrogen (secondary N) is 1. The summed E-state index contributed by atoms with van der Waals surface area (Å²) in [6, 6.07) is 0. The van der Waals surface area contributed by atoms with Crippen molar-refractivity contribution in [2.45, 2.75) is 39.2 Å². The van der Waals surface area contributed by atoms with Gasteiger partial charge in [-0.15, -0.1) is 0 Å². The maximum atomic E-state index is 10.5. The Hall–Kier alpha value is -0.120. The predicted octanol–water partition coefficient (Wildman–Crippen LogP) is 0.509. The molecular formula is C7H17NO2. The van der Waals surface area contributed by atoms with Gasteiger partial charge in [-0.3, -0.25) is 0 Å². The molecule has 0 aromatic heterocycles. The van der Waals surface area contributed by atoms with Crippen LogP contribution < -0.4 is 5.23 Å². The van der Waals surface area contributed by atoms with Crippen molar-refractivity contribution < 1.29 is 10.1 Å². The molecule has 3 heteroatoms. The lowest BCUT2D eigenvalue weighted by molar-refractivity contribution is -1.05. The van der Waals surface area contributed by atoms with E-state index in [2.05, 4.69) is 6.92 Å². The van der Waals surface area contributed by atoms with Gasteiger partial charge in [0, 0.05) is 0 Å². The number of rotatable bonds is 4. The first-order valence-corrected chi connectivity index (χ1v) is 3.67. The van der Waals surface area contributed by atoms with Crippen molar-refractivity contribution in [2.24, 2.45) is 0 Å². The fourth-order valence-corrected chi connectivity index (χ4v) is 1.04. The van der Waals surface area contributed by atoms with Gasteiger partial charge >= 0.3 is 0 Å². The van der Waals surface area contributed by atoms with Gasteiger partial charge in [-0.2, -0.15) is 4.84 Å². The lowest BCUT2D eigenvalue weighted by Crippen LogP contribution is -3.04. The Labute approximate surface area is 62.5 Å². The third-order valence-corrected chi connectivity index (χ3v) is 1.27. The highest BCUT2D eigenvalue weighted by atomic mass is 16.9. The average molecular weight is 147 g/mol. The molecule has 0 aromatic carbocycles. The van der Waals surface area contributed by atoms with Crippen molar-refractivity contribution in [1.82, 2.24) is 0 Å². The van der Waals surface area contributed by atoms with E-state index in [-0.39, 0.29) is 10.8 Å². The highest BCUT2D eigenvalue weighted by molar-refractivity contribution is 4.64. The van der Waals surface area contributed by atoms with Gasteiger partial charge in [0.05, 0.1) is 7.05 Å². The number of hydrogen-bond donors (Lipinski definition) is 1. The van der Waals surface area contributed by atoms with Gasteiger partial charge in [0.2, 0.25) is 0 Å². The quantitative estimate of drug-likeness (QED) is 0.588. The zero-order valence-electron chi connectivity index (χ0n) is 7.23. The van der Waals surface area contributed by atoms with Gasteiger partial charge in [-0.25, -0.2) is 5.23 Å². The summed E-state index contributed by atoms with van der Waals surface area (Å²) in [5, 5.41) is 10.3. The van der Waals surface area contributed by atoms with Gasteiger partial charge in [0.15, 0.2) is 0 Å². The molecule has 0 heterocycles. The number of quaternary nitrogens is 1. The molecule has 62 valence electrons. The van der Waals surface area contributed by atoms with E-state index in [0.717, 1.165) is 12.8 Å². The van der Waals surface area contributed by atoms with Gasteiger partial charge in [0.25, 0.3) is 0 Å². The molecule has 3 nitrogen and oxygen atoms in total. The summed E-state index contributed by atoms with van der Waals surface area (Å²) in [4.78, 5) is 5.04. The zero-order chi connectivity index (χ0) is 8.20. The second kappa shape index (κ2) is 3.91. The minimum absolute atomic E-state index is 0.196. The molecule has 0 aromatic rings. The third kappa shape index (κ3) is 4.73. The van der Waals surface area contributed by atoms with E-state index >= 15 is 0 Å². The monoisotopic (exact) mass is 147 g/mol.